The molecule has 0 bridgehead atoms. The first-order valence-corrected chi connectivity index (χ1v) is 10.0. The van der Waals surface area contributed by atoms with Crippen LogP contribution in [0.5, 0.6) is 5.75 Å². The van der Waals surface area contributed by atoms with Crippen LogP contribution in [0.4, 0.5) is 18.0 Å². The van der Waals surface area contributed by atoms with E-state index >= 15 is 0 Å². The van der Waals surface area contributed by atoms with Gasteiger partial charge in [0, 0.05) is 29.2 Å². The molecule has 0 radical (unpaired) electrons. The number of benzene rings is 2. The van der Waals surface area contributed by atoms with Gasteiger partial charge in [0.1, 0.15) is 5.75 Å². The summed E-state index contributed by atoms with van der Waals surface area (Å²) in [4.78, 5) is 26.2. The Bertz CT molecular complexity index is 1170. The minimum Gasteiger partial charge on any atom is -0.410 e. The Hall–Kier alpha value is -3.31. The van der Waals surface area contributed by atoms with Gasteiger partial charge in [-0.25, -0.2) is 9.59 Å². The van der Waals surface area contributed by atoms with Crippen LogP contribution in [0.1, 0.15) is 11.1 Å². The van der Waals surface area contributed by atoms with Crippen LogP contribution in [0.15, 0.2) is 51.7 Å². The van der Waals surface area contributed by atoms with E-state index < -0.39 is 23.6 Å². The lowest BCUT2D eigenvalue weighted by Crippen LogP contribution is -2.33. The van der Waals surface area contributed by atoms with Crippen molar-refractivity contribution < 1.29 is 27.1 Å². The van der Waals surface area contributed by atoms with E-state index in [0.717, 1.165) is 28.9 Å². The fourth-order valence-electron chi connectivity index (χ4n) is 2.77. The molecule has 1 N–H and O–H groups in total. The number of alkyl halides is 3. The van der Waals surface area contributed by atoms with Gasteiger partial charge < -0.3 is 19.4 Å². The van der Waals surface area contributed by atoms with Gasteiger partial charge in [0.05, 0.1) is 12.1 Å². The molecule has 2 aromatic carbocycles. The van der Waals surface area contributed by atoms with Crippen molar-refractivity contribution >= 4 is 17.7 Å². The summed E-state index contributed by atoms with van der Waals surface area (Å²) in [5, 5.41) is 6.98. The maximum Gasteiger partial charge on any atom is 0.437 e. The zero-order valence-electron chi connectivity index (χ0n) is 17.6. The predicted molar refractivity (Wildman–Crippen MR) is 114 cm³/mol. The Labute approximate surface area is 191 Å². The number of nitrogens with zero attached hydrogens (tertiary/aromatic N) is 3. The summed E-state index contributed by atoms with van der Waals surface area (Å²) in [6.45, 7) is 0.835. The molecule has 0 atom stereocenters. The minimum absolute atomic E-state index is 0.149. The van der Waals surface area contributed by atoms with Gasteiger partial charge in [-0.1, -0.05) is 11.6 Å². The lowest BCUT2D eigenvalue weighted by atomic mass is 10.1. The van der Waals surface area contributed by atoms with E-state index in [9.17, 15) is 22.8 Å². The van der Waals surface area contributed by atoms with Crippen molar-refractivity contribution in [3.8, 4) is 17.2 Å². The van der Waals surface area contributed by atoms with Crippen molar-refractivity contribution in [1.82, 2.24) is 20.0 Å². The number of amides is 1. The molecule has 0 saturated heterocycles. The molecule has 12 heteroatoms. The van der Waals surface area contributed by atoms with Crippen molar-refractivity contribution in [2.24, 2.45) is 0 Å². The van der Waals surface area contributed by atoms with Gasteiger partial charge in [0.25, 0.3) is 0 Å². The molecule has 3 aromatic rings. The lowest BCUT2D eigenvalue weighted by molar-refractivity contribution is -0.137. The van der Waals surface area contributed by atoms with Gasteiger partial charge in [0.2, 0.25) is 5.89 Å². The molecule has 1 aromatic heterocycles. The molecule has 0 aliphatic carbocycles. The Morgan fingerprint density at radius 2 is 1.91 bits per heavy atom. The second kappa shape index (κ2) is 10.1. The second-order valence-electron chi connectivity index (χ2n) is 7.28. The number of likely N-dealkylation sites (N-methyl/N-ethyl adjacent to an activating group) is 1. The molecule has 0 saturated carbocycles. The van der Waals surface area contributed by atoms with Gasteiger partial charge in [-0.2, -0.15) is 17.9 Å². The minimum atomic E-state index is -4.49. The summed E-state index contributed by atoms with van der Waals surface area (Å²) >= 11 is 6.05. The maximum atomic E-state index is 12.8. The fourth-order valence-corrected chi connectivity index (χ4v) is 2.97. The number of aromatic nitrogens is 2. The third-order valence-electron chi connectivity index (χ3n) is 4.44. The van der Waals surface area contributed by atoms with Gasteiger partial charge in [-0.3, -0.25) is 0 Å². The highest BCUT2D eigenvalue weighted by atomic mass is 35.5. The standard InChI is InChI=1S/C21H20ClF3N4O4/c1-28(2)10-9-26-19(30)32-17-8-7-16(22)11-14(17)12-29-20(31)33-18(27-29)13-3-5-15(6-4-13)21(23,24)25/h3-8,11H,9-10,12H2,1-2H3,(H,26,30). The SMILES string of the molecule is CN(C)CCNC(=O)Oc1ccc(Cl)cc1Cn1nc(-c2ccc(C(F)(F)F)cc2)oc1=O. The van der Waals surface area contributed by atoms with E-state index in [-0.39, 0.29) is 23.7 Å². The summed E-state index contributed by atoms with van der Waals surface area (Å²) in [6.07, 6.45) is -5.17. The van der Waals surface area contributed by atoms with Crippen LogP contribution >= 0.6 is 11.6 Å². The zero-order valence-corrected chi connectivity index (χ0v) is 18.4. The van der Waals surface area contributed by atoms with E-state index in [1.807, 2.05) is 19.0 Å². The molecular formula is C21H20ClF3N4O4. The predicted octanol–water partition coefficient (Wildman–Crippen LogP) is 3.87. The highest BCUT2D eigenvalue weighted by molar-refractivity contribution is 6.30. The van der Waals surface area contributed by atoms with E-state index in [2.05, 4.69) is 10.4 Å². The van der Waals surface area contributed by atoms with Crippen LogP contribution < -0.4 is 15.8 Å². The molecule has 0 fully saturated rings. The normalized spacial score (nSPS) is 11.6. The first-order chi connectivity index (χ1) is 15.5. The van der Waals surface area contributed by atoms with E-state index in [4.69, 9.17) is 20.8 Å². The zero-order chi connectivity index (χ0) is 24.2. The smallest absolute Gasteiger partial charge is 0.410 e. The van der Waals surface area contributed by atoms with E-state index in [1.165, 1.54) is 18.2 Å². The Balaban J connectivity index is 1.78. The van der Waals surface area contributed by atoms with Crippen molar-refractivity contribution in [2.45, 2.75) is 12.7 Å². The molecule has 3 rings (SSSR count). The number of nitrogens with one attached hydrogen (secondary N) is 1. The summed E-state index contributed by atoms with van der Waals surface area (Å²) in [5.41, 5.74) is -0.265. The van der Waals surface area contributed by atoms with Crippen LogP contribution in [0.25, 0.3) is 11.5 Å². The van der Waals surface area contributed by atoms with Crippen molar-refractivity contribution in [3.63, 3.8) is 0 Å². The quantitative estimate of drug-likeness (QED) is 0.547. The average Bonchev–Trinajstić information content (AvgIpc) is 3.09. The van der Waals surface area contributed by atoms with Crippen LogP contribution in [-0.2, 0) is 12.7 Å². The average molecular weight is 485 g/mol. The number of halogens is 4. The summed E-state index contributed by atoms with van der Waals surface area (Å²) in [5.74, 6) is -0.835. The molecule has 0 unspecified atom stereocenters. The first kappa shape index (κ1) is 24.3. The Kier molecular flexibility index (Phi) is 7.44. The van der Waals surface area contributed by atoms with E-state index in [1.54, 1.807) is 0 Å². The van der Waals surface area contributed by atoms with Gasteiger partial charge in [-0.15, -0.1) is 5.10 Å². The van der Waals surface area contributed by atoms with Crippen LogP contribution in [-0.4, -0.2) is 48.0 Å². The lowest BCUT2D eigenvalue weighted by Gasteiger charge is -2.13. The molecule has 1 heterocycles. The number of hydrogen-bond donors (Lipinski definition) is 1. The molecule has 176 valence electrons. The largest absolute Gasteiger partial charge is 0.437 e. The number of ether oxygens (including phenoxy) is 1. The van der Waals surface area contributed by atoms with Crippen LogP contribution in [0.2, 0.25) is 5.02 Å². The third kappa shape index (κ3) is 6.59. The number of carbonyl (C=O) groups excluding carboxylic acids is 1. The number of rotatable bonds is 7. The number of carbonyl (C=O) groups is 1. The van der Waals surface area contributed by atoms with Crippen LogP contribution in [0, 0.1) is 0 Å². The Morgan fingerprint density at radius 3 is 2.55 bits per heavy atom. The van der Waals surface area contributed by atoms with Crippen molar-refractivity contribution in [1.29, 1.82) is 0 Å². The van der Waals surface area contributed by atoms with Crippen molar-refractivity contribution in [3.05, 3.63) is 69.2 Å². The highest BCUT2D eigenvalue weighted by Crippen LogP contribution is 2.30. The molecular weight excluding hydrogens is 465 g/mol. The topological polar surface area (TPSA) is 89.6 Å². The second-order valence-corrected chi connectivity index (χ2v) is 7.71. The molecule has 0 aliphatic rings. The maximum absolute atomic E-state index is 12.8. The van der Waals surface area contributed by atoms with Gasteiger partial charge >= 0.3 is 18.0 Å². The molecule has 8 nitrogen and oxygen atoms in total. The van der Waals surface area contributed by atoms with Gasteiger partial charge in [-0.05, 0) is 56.6 Å². The molecule has 0 spiro atoms. The van der Waals surface area contributed by atoms with Crippen LogP contribution in [0.3, 0.4) is 0 Å². The summed E-state index contributed by atoms with van der Waals surface area (Å²) < 4.78 is 49.6. The van der Waals surface area contributed by atoms with Crippen molar-refractivity contribution in [2.75, 3.05) is 27.2 Å². The van der Waals surface area contributed by atoms with Gasteiger partial charge in [0.15, 0.2) is 0 Å². The number of hydrogen-bond acceptors (Lipinski definition) is 6. The highest BCUT2D eigenvalue weighted by Gasteiger charge is 2.30. The molecule has 0 aliphatic heterocycles. The summed E-state index contributed by atoms with van der Waals surface area (Å²) in [6, 6.07) is 8.55. The molecule has 33 heavy (non-hydrogen) atoms. The van der Waals surface area contributed by atoms with E-state index in [0.29, 0.717) is 23.7 Å². The first-order valence-electron chi connectivity index (χ1n) is 9.67. The Morgan fingerprint density at radius 1 is 1.21 bits per heavy atom. The molecule has 1 amide bonds. The third-order valence-corrected chi connectivity index (χ3v) is 4.67. The summed E-state index contributed by atoms with van der Waals surface area (Å²) in [7, 11) is 3.72. The fraction of sp³-hybridized carbons (Fsp3) is 0.286. The monoisotopic (exact) mass is 484 g/mol.